The standard InChI is InChI=1S/C14H20N2O2.ClH/c1-2-12-3-5-13(6-4-12)15-14(17)11-16-7-9-18-10-8-16;/h3-6H,2,7-11H2,1H3,(H,15,17);1H. The summed E-state index contributed by atoms with van der Waals surface area (Å²) < 4.78 is 5.25. The van der Waals surface area contributed by atoms with Crippen LogP contribution in [0.4, 0.5) is 5.69 Å². The van der Waals surface area contributed by atoms with Crippen LogP contribution in [0.1, 0.15) is 12.5 Å². The summed E-state index contributed by atoms with van der Waals surface area (Å²) >= 11 is 0. The Morgan fingerprint density at radius 1 is 1.26 bits per heavy atom. The molecule has 0 saturated carbocycles. The zero-order chi connectivity index (χ0) is 12.8. The fraction of sp³-hybridized carbons (Fsp3) is 0.500. The van der Waals surface area contributed by atoms with Gasteiger partial charge in [-0.15, -0.1) is 12.4 Å². The SMILES string of the molecule is CCc1ccc(NC(=O)CN2CCOCC2)cc1.Cl. The molecule has 1 aromatic rings. The Hall–Kier alpha value is -1.10. The number of carbonyl (C=O) groups is 1. The number of nitrogens with one attached hydrogen (secondary N) is 1. The van der Waals surface area contributed by atoms with Crippen molar-refractivity contribution in [1.82, 2.24) is 4.90 Å². The van der Waals surface area contributed by atoms with Crippen molar-refractivity contribution in [3.63, 3.8) is 0 Å². The third kappa shape index (κ3) is 5.19. The normalized spacial score (nSPS) is 15.6. The predicted octanol–water partition coefficient (Wildman–Crippen LogP) is 1.94. The van der Waals surface area contributed by atoms with Crippen molar-refractivity contribution in [3.05, 3.63) is 29.8 Å². The number of benzene rings is 1. The minimum Gasteiger partial charge on any atom is -0.379 e. The molecule has 5 heteroatoms. The summed E-state index contributed by atoms with van der Waals surface area (Å²) in [7, 11) is 0. The smallest absolute Gasteiger partial charge is 0.238 e. The second kappa shape index (κ2) is 8.15. The van der Waals surface area contributed by atoms with Crippen molar-refractivity contribution < 1.29 is 9.53 Å². The molecule has 1 N–H and O–H groups in total. The summed E-state index contributed by atoms with van der Waals surface area (Å²) in [5.74, 6) is 0.0427. The zero-order valence-corrected chi connectivity index (χ0v) is 12.0. The summed E-state index contributed by atoms with van der Waals surface area (Å²) in [6.07, 6.45) is 1.02. The van der Waals surface area contributed by atoms with Gasteiger partial charge < -0.3 is 10.1 Å². The maximum absolute atomic E-state index is 11.8. The molecule has 2 rings (SSSR count). The third-order valence-corrected chi connectivity index (χ3v) is 3.12. The van der Waals surface area contributed by atoms with Crippen LogP contribution >= 0.6 is 12.4 Å². The summed E-state index contributed by atoms with van der Waals surface area (Å²) in [6.45, 7) is 5.67. The van der Waals surface area contributed by atoms with Crippen molar-refractivity contribution in [2.24, 2.45) is 0 Å². The molecule has 0 aromatic heterocycles. The molecular weight excluding hydrogens is 264 g/mol. The van der Waals surface area contributed by atoms with Crippen LogP contribution in [0.2, 0.25) is 0 Å². The molecule has 0 unspecified atom stereocenters. The molecule has 1 heterocycles. The van der Waals surface area contributed by atoms with E-state index in [1.54, 1.807) is 0 Å². The van der Waals surface area contributed by atoms with Crippen LogP contribution < -0.4 is 5.32 Å². The van der Waals surface area contributed by atoms with Crippen LogP contribution in [-0.2, 0) is 16.0 Å². The van der Waals surface area contributed by atoms with E-state index in [9.17, 15) is 4.79 Å². The van der Waals surface area contributed by atoms with Crippen molar-refractivity contribution in [2.75, 3.05) is 38.2 Å². The molecule has 1 saturated heterocycles. The van der Waals surface area contributed by atoms with Gasteiger partial charge in [-0.25, -0.2) is 0 Å². The molecule has 0 spiro atoms. The summed E-state index contributed by atoms with van der Waals surface area (Å²) in [6, 6.07) is 8.00. The Labute approximate surface area is 120 Å². The first-order chi connectivity index (χ1) is 8.78. The van der Waals surface area contributed by atoms with Gasteiger partial charge in [0, 0.05) is 18.8 Å². The number of anilines is 1. The Balaban J connectivity index is 0.00000180. The van der Waals surface area contributed by atoms with Crippen LogP contribution in [0.15, 0.2) is 24.3 Å². The average Bonchev–Trinajstić information content (AvgIpc) is 2.40. The average molecular weight is 285 g/mol. The zero-order valence-electron chi connectivity index (χ0n) is 11.2. The minimum atomic E-state index is 0. The molecule has 1 aliphatic rings. The Morgan fingerprint density at radius 2 is 1.89 bits per heavy atom. The molecule has 106 valence electrons. The number of ether oxygens (including phenoxy) is 1. The number of rotatable bonds is 4. The van der Waals surface area contributed by atoms with E-state index in [1.807, 2.05) is 24.3 Å². The summed E-state index contributed by atoms with van der Waals surface area (Å²) in [5.41, 5.74) is 2.15. The van der Waals surface area contributed by atoms with Crippen molar-refractivity contribution in [1.29, 1.82) is 0 Å². The molecular formula is C14H21ClN2O2. The Morgan fingerprint density at radius 3 is 2.47 bits per heavy atom. The molecule has 0 radical (unpaired) electrons. The van der Waals surface area contributed by atoms with Gasteiger partial charge in [-0.05, 0) is 24.1 Å². The largest absolute Gasteiger partial charge is 0.379 e. The van der Waals surface area contributed by atoms with Crippen molar-refractivity contribution in [2.45, 2.75) is 13.3 Å². The molecule has 1 aromatic carbocycles. The number of amides is 1. The van der Waals surface area contributed by atoms with Crippen LogP contribution in [0.3, 0.4) is 0 Å². The highest BCUT2D eigenvalue weighted by Crippen LogP contribution is 2.10. The Bertz CT molecular complexity index is 389. The van der Waals surface area contributed by atoms with Gasteiger partial charge in [0.25, 0.3) is 0 Å². The molecule has 0 bridgehead atoms. The van der Waals surface area contributed by atoms with Gasteiger partial charge in [-0.2, -0.15) is 0 Å². The number of halogens is 1. The third-order valence-electron chi connectivity index (χ3n) is 3.12. The van der Waals surface area contributed by atoms with Gasteiger partial charge in [-0.1, -0.05) is 19.1 Å². The van der Waals surface area contributed by atoms with Gasteiger partial charge in [0.2, 0.25) is 5.91 Å². The first kappa shape index (κ1) is 16.0. The summed E-state index contributed by atoms with van der Waals surface area (Å²) in [4.78, 5) is 14.0. The second-order valence-corrected chi connectivity index (χ2v) is 4.49. The number of carbonyl (C=O) groups excluding carboxylic acids is 1. The quantitative estimate of drug-likeness (QED) is 0.919. The van der Waals surface area contributed by atoms with E-state index < -0.39 is 0 Å². The van der Waals surface area contributed by atoms with E-state index >= 15 is 0 Å². The van der Waals surface area contributed by atoms with E-state index in [-0.39, 0.29) is 18.3 Å². The fourth-order valence-electron chi connectivity index (χ4n) is 1.99. The maximum atomic E-state index is 11.8. The topological polar surface area (TPSA) is 41.6 Å². The lowest BCUT2D eigenvalue weighted by molar-refractivity contribution is -0.118. The first-order valence-electron chi connectivity index (χ1n) is 6.47. The lowest BCUT2D eigenvalue weighted by Crippen LogP contribution is -2.41. The number of aryl methyl sites for hydroxylation is 1. The van der Waals surface area contributed by atoms with E-state index in [4.69, 9.17) is 4.74 Å². The lowest BCUT2D eigenvalue weighted by Gasteiger charge is -2.25. The first-order valence-corrected chi connectivity index (χ1v) is 6.47. The number of hydrogen-bond donors (Lipinski definition) is 1. The van der Waals surface area contributed by atoms with Crippen LogP contribution in [0.25, 0.3) is 0 Å². The van der Waals surface area contributed by atoms with Gasteiger partial charge >= 0.3 is 0 Å². The summed E-state index contributed by atoms with van der Waals surface area (Å²) in [5, 5.41) is 2.92. The molecule has 0 atom stereocenters. The minimum absolute atomic E-state index is 0. The number of hydrogen-bond acceptors (Lipinski definition) is 3. The monoisotopic (exact) mass is 284 g/mol. The molecule has 1 aliphatic heterocycles. The lowest BCUT2D eigenvalue weighted by atomic mass is 10.1. The number of morpholine rings is 1. The van der Waals surface area contributed by atoms with Crippen LogP contribution in [-0.4, -0.2) is 43.7 Å². The predicted molar refractivity (Wildman–Crippen MR) is 79.0 cm³/mol. The van der Waals surface area contributed by atoms with Gasteiger partial charge in [-0.3, -0.25) is 9.69 Å². The van der Waals surface area contributed by atoms with E-state index in [0.717, 1.165) is 38.4 Å². The number of nitrogens with zero attached hydrogens (tertiary/aromatic N) is 1. The highest BCUT2D eigenvalue weighted by molar-refractivity contribution is 5.92. The maximum Gasteiger partial charge on any atom is 0.238 e. The van der Waals surface area contributed by atoms with Crippen molar-refractivity contribution in [3.8, 4) is 0 Å². The van der Waals surface area contributed by atoms with E-state index in [1.165, 1.54) is 5.56 Å². The fourth-order valence-corrected chi connectivity index (χ4v) is 1.99. The van der Waals surface area contributed by atoms with Gasteiger partial charge in [0.15, 0.2) is 0 Å². The highest BCUT2D eigenvalue weighted by atomic mass is 35.5. The molecule has 4 nitrogen and oxygen atoms in total. The van der Waals surface area contributed by atoms with Crippen molar-refractivity contribution >= 4 is 24.0 Å². The second-order valence-electron chi connectivity index (χ2n) is 4.49. The molecule has 19 heavy (non-hydrogen) atoms. The Kier molecular flexibility index (Phi) is 6.84. The molecule has 1 amide bonds. The molecule has 0 aliphatic carbocycles. The van der Waals surface area contributed by atoms with Gasteiger partial charge in [0.05, 0.1) is 19.8 Å². The van der Waals surface area contributed by atoms with Gasteiger partial charge in [0.1, 0.15) is 0 Å². The van der Waals surface area contributed by atoms with E-state index in [0.29, 0.717) is 6.54 Å². The van der Waals surface area contributed by atoms with Crippen LogP contribution in [0, 0.1) is 0 Å². The van der Waals surface area contributed by atoms with E-state index in [2.05, 4.69) is 17.1 Å². The van der Waals surface area contributed by atoms with Crippen LogP contribution in [0.5, 0.6) is 0 Å². The highest BCUT2D eigenvalue weighted by Gasteiger charge is 2.13. The molecule has 1 fully saturated rings.